The molecule has 1 heteroatoms. The van der Waals surface area contributed by atoms with E-state index in [4.69, 9.17) is 0 Å². The third-order valence-corrected chi connectivity index (χ3v) is 4.34. The molecule has 1 aliphatic rings. The number of hydrogen-bond donors (Lipinski definition) is 0. The van der Waals surface area contributed by atoms with Gasteiger partial charge in [0.2, 0.25) is 5.69 Å². The first kappa shape index (κ1) is 12.3. The van der Waals surface area contributed by atoms with Gasteiger partial charge in [-0.3, -0.25) is 0 Å². The molecule has 21 heavy (non-hydrogen) atoms. The van der Waals surface area contributed by atoms with Crippen LogP contribution in [0.4, 0.5) is 0 Å². The van der Waals surface area contributed by atoms with E-state index in [-0.39, 0.29) is 0 Å². The monoisotopic (exact) mass is 272 g/mol. The summed E-state index contributed by atoms with van der Waals surface area (Å²) in [4.78, 5) is 0. The molecular formula is C20H18N+. The average molecular weight is 272 g/mol. The summed E-state index contributed by atoms with van der Waals surface area (Å²) in [5.74, 6) is 0. The normalized spacial score (nSPS) is 12.0. The maximum Gasteiger partial charge on any atom is 0.213 e. The van der Waals surface area contributed by atoms with Gasteiger partial charge in [-0.05, 0) is 29.2 Å². The van der Waals surface area contributed by atoms with Crippen LogP contribution in [0.2, 0.25) is 0 Å². The summed E-state index contributed by atoms with van der Waals surface area (Å²) in [6, 6.07) is 22.0. The number of hydrogen-bond acceptors (Lipinski definition) is 0. The fourth-order valence-electron chi connectivity index (χ4n) is 3.11. The van der Waals surface area contributed by atoms with Gasteiger partial charge in [0, 0.05) is 17.7 Å². The Morgan fingerprint density at radius 1 is 0.905 bits per heavy atom. The molecule has 0 unspecified atom stereocenters. The molecule has 0 saturated heterocycles. The average Bonchev–Trinajstić information content (AvgIpc) is 2.92. The first-order valence-corrected chi connectivity index (χ1v) is 7.56. The van der Waals surface area contributed by atoms with Gasteiger partial charge in [-0.2, -0.15) is 4.57 Å². The third-order valence-electron chi connectivity index (χ3n) is 4.34. The zero-order chi connectivity index (χ0) is 14.2. The summed E-state index contributed by atoms with van der Waals surface area (Å²) in [5, 5.41) is 0. The third kappa shape index (κ3) is 2.06. The molecule has 0 bridgehead atoms. The predicted octanol–water partition coefficient (Wildman–Crippen LogP) is 4.23. The van der Waals surface area contributed by atoms with Gasteiger partial charge >= 0.3 is 0 Å². The van der Waals surface area contributed by atoms with Crippen molar-refractivity contribution in [1.29, 1.82) is 0 Å². The highest BCUT2D eigenvalue weighted by Crippen LogP contribution is 2.31. The molecular weight excluding hydrogens is 254 g/mol. The molecule has 1 aromatic heterocycles. The Balaban J connectivity index is 1.86. The number of pyridine rings is 1. The summed E-state index contributed by atoms with van der Waals surface area (Å²) >= 11 is 0. The lowest BCUT2D eigenvalue weighted by molar-refractivity contribution is -0.672. The van der Waals surface area contributed by atoms with Gasteiger partial charge in [0.05, 0.1) is 5.56 Å². The van der Waals surface area contributed by atoms with E-state index < -0.39 is 0 Å². The van der Waals surface area contributed by atoms with Crippen LogP contribution < -0.4 is 4.57 Å². The van der Waals surface area contributed by atoms with Crippen molar-refractivity contribution < 1.29 is 4.57 Å². The second-order valence-electron chi connectivity index (χ2n) is 5.64. The Bertz CT molecular complexity index is 803. The van der Waals surface area contributed by atoms with Crippen LogP contribution >= 0.6 is 0 Å². The van der Waals surface area contributed by atoms with E-state index in [1.807, 2.05) is 0 Å². The van der Waals surface area contributed by atoms with Crippen LogP contribution in [0, 0.1) is 0 Å². The van der Waals surface area contributed by atoms with Crippen LogP contribution in [0.25, 0.3) is 22.4 Å². The summed E-state index contributed by atoms with van der Waals surface area (Å²) in [5.41, 5.74) is 8.13. The lowest BCUT2D eigenvalue weighted by Crippen LogP contribution is -2.31. The SMILES string of the molecule is CCc1cc[n+]2c(c1)-c1cc(-c3ccccc3)ccc1C2. The van der Waals surface area contributed by atoms with Crippen molar-refractivity contribution in [3.8, 4) is 22.4 Å². The first-order valence-electron chi connectivity index (χ1n) is 7.56. The summed E-state index contributed by atoms with van der Waals surface area (Å²) < 4.78 is 2.35. The van der Waals surface area contributed by atoms with Crippen molar-refractivity contribution >= 4 is 0 Å². The zero-order valence-corrected chi connectivity index (χ0v) is 12.2. The number of benzene rings is 2. The van der Waals surface area contributed by atoms with E-state index in [2.05, 4.69) is 78.4 Å². The fourth-order valence-corrected chi connectivity index (χ4v) is 3.11. The van der Waals surface area contributed by atoms with Crippen LogP contribution in [-0.4, -0.2) is 0 Å². The number of fused-ring (bicyclic) bond motifs is 3. The number of aryl methyl sites for hydroxylation is 1. The Morgan fingerprint density at radius 2 is 1.76 bits per heavy atom. The smallest absolute Gasteiger partial charge is 0.194 e. The van der Waals surface area contributed by atoms with Crippen LogP contribution in [0.3, 0.4) is 0 Å². The summed E-state index contributed by atoms with van der Waals surface area (Å²) in [6.07, 6.45) is 3.30. The molecule has 2 heterocycles. The molecule has 102 valence electrons. The van der Waals surface area contributed by atoms with Crippen molar-refractivity contribution in [3.05, 3.63) is 78.0 Å². The first-order chi connectivity index (χ1) is 10.3. The van der Waals surface area contributed by atoms with Crippen LogP contribution in [0.5, 0.6) is 0 Å². The molecule has 4 rings (SSSR count). The van der Waals surface area contributed by atoms with Gasteiger partial charge in [0.25, 0.3) is 0 Å². The van der Waals surface area contributed by atoms with E-state index in [9.17, 15) is 0 Å². The lowest BCUT2D eigenvalue weighted by atomic mass is 9.98. The highest BCUT2D eigenvalue weighted by molar-refractivity contribution is 5.74. The lowest BCUT2D eigenvalue weighted by Gasteiger charge is -2.03. The van der Waals surface area contributed by atoms with E-state index in [1.54, 1.807) is 0 Å². The maximum absolute atomic E-state index is 2.35. The quantitative estimate of drug-likeness (QED) is 0.481. The van der Waals surface area contributed by atoms with E-state index in [0.717, 1.165) is 13.0 Å². The van der Waals surface area contributed by atoms with Crippen LogP contribution in [0.15, 0.2) is 66.9 Å². The molecule has 0 amide bonds. The number of nitrogens with zero attached hydrogens (tertiary/aromatic N) is 1. The minimum atomic E-state index is 0.990. The number of aromatic nitrogens is 1. The Kier molecular flexibility index (Phi) is 2.85. The van der Waals surface area contributed by atoms with Gasteiger partial charge in [-0.25, -0.2) is 0 Å². The molecule has 0 N–H and O–H groups in total. The van der Waals surface area contributed by atoms with Gasteiger partial charge in [0.15, 0.2) is 12.7 Å². The van der Waals surface area contributed by atoms with Crippen molar-refractivity contribution in [1.82, 2.24) is 0 Å². The van der Waals surface area contributed by atoms with E-state index in [1.165, 1.54) is 33.5 Å². The Labute approximate surface area is 125 Å². The van der Waals surface area contributed by atoms with Gasteiger partial charge in [-0.1, -0.05) is 49.4 Å². The largest absolute Gasteiger partial charge is 0.213 e. The molecule has 0 saturated carbocycles. The molecule has 0 spiro atoms. The Morgan fingerprint density at radius 3 is 2.57 bits per heavy atom. The minimum absolute atomic E-state index is 0.990. The molecule has 2 aromatic carbocycles. The van der Waals surface area contributed by atoms with Crippen molar-refractivity contribution in [2.45, 2.75) is 19.9 Å². The van der Waals surface area contributed by atoms with Crippen molar-refractivity contribution in [2.24, 2.45) is 0 Å². The molecule has 0 fully saturated rings. The topological polar surface area (TPSA) is 3.88 Å². The molecule has 1 nitrogen and oxygen atoms in total. The molecule has 0 aliphatic carbocycles. The highest BCUT2D eigenvalue weighted by atomic mass is 15.0. The molecule has 0 atom stereocenters. The maximum atomic E-state index is 2.35. The summed E-state index contributed by atoms with van der Waals surface area (Å²) in [7, 11) is 0. The fraction of sp³-hybridized carbons (Fsp3) is 0.150. The predicted molar refractivity (Wildman–Crippen MR) is 86.0 cm³/mol. The van der Waals surface area contributed by atoms with Gasteiger partial charge < -0.3 is 0 Å². The van der Waals surface area contributed by atoms with Gasteiger partial charge in [0.1, 0.15) is 0 Å². The molecule has 0 radical (unpaired) electrons. The second-order valence-corrected chi connectivity index (χ2v) is 5.64. The second kappa shape index (κ2) is 4.85. The summed E-state index contributed by atoms with van der Waals surface area (Å²) in [6.45, 7) is 3.20. The van der Waals surface area contributed by atoms with Gasteiger partial charge in [-0.15, -0.1) is 0 Å². The number of rotatable bonds is 2. The molecule has 3 aromatic rings. The molecule has 1 aliphatic heterocycles. The van der Waals surface area contributed by atoms with Crippen LogP contribution in [0.1, 0.15) is 18.1 Å². The highest BCUT2D eigenvalue weighted by Gasteiger charge is 2.26. The van der Waals surface area contributed by atoms with Crippen molar-refractivity contribution in [2.75, 3.05) is 0 Å². The standard InChI is InChI=1S/C20H18N/c1-2-15-10-11-21-14-18-9-8-17(13-19(18)20(21)12-15)16-6-4-3-5-7-16/h3-13H,2,14H2,1H3/q+1. The van der Waals surface area contributed by atoms with Crippen molar-refractivity contribution in [3.63, 3.8) is 0 Å². The zero-order valence-electron chi connectivity index (χ0n) is 12.2. The van der Waals surface area contributed by atoms with E-state index in [0.29, 0.717) is 0 Å². The van der Waals surface area contributed by atoms with E-state index >= 15 is 0 Å². The minimum Gasteiger partial charge on any atom is -0.194 e. The Hall–Kier alpha value is -2.41. The van der Waals surface area contributed by atoms with Crippen LogP contribution in [-0.2, 0) is 13.0 Å².